The Morgan fingerprint density at radius 2 is 2.24 bits per heavy atom. The number of nitrogens with one attached hydrogen (secondary N) is 1. The van der Waals surface area contributed by atoms with Crippen LogP contribution in [0.15, 0.2) is 35.6 Å². The van der Waals surface area contributed by atoms with Crippen molar-refractivity contribution >= 4 is 35.1 Å². The highest BCUT2D eigenvalue weighted by molar-refractivity contribution is 7.99. The third-order valence-electron chi connectivity index (χ3n) is 2.91. The number of thioether (sulfide) groups is 1. The zero-order valence-electron chi connectivity index (χ0n) is 13.4. The van der Waals surface area contributed by atoms with Crippen LogP contribution < -0.4 is 11.1 Å². The van der Waals surface area contributed by atoms with E-state index in [1.807, 2.05) is 6.07 Å². The summed E-state index contributed by atoms with van der Waals surface area (Å²) in [6.07, 6.45) is 1.31. The molecule has 9 heteroatoms. The first-order chi connectivity index (χ1) is 12.0. The third-order valence-corrected chi connectivity index (χ3v) is 3.77. The zero-order valence-corrected chi connectivity index (χ0v) is 14.2. The predicted octanol–water partition coefficient (Wildman–Crippen LogP) is 1.84. The number of benzene rings is 1. The lowest BCUT2D eigenvalue weighted by Crippen LogP contribution is -2.15. The van der Waals surface area contributed by atoms with Gasteiger partial charge in [0.25, 0.3) is 0 Å². The van der Waals surface area contributed by atoms with Crippen LogP contribution in [0.25, 0.3) is 0 Å². The van der Waals surface area contributed by atoms with Gasteiger partial charge in [-0.25, -0.2) is 14.8 Å². The van der Waals surface area contributed by atoms with E-state index in [4.69, 9.17) is 15.7 Å². The average molecular weight is 357 g/mol. The number of nitrogens with zero attached hydrogens (tertiary/aromatic N) is 3. The standard InChI is InChI=1S/C16H15N5O3S/c1-2-24-15(23)10-4-3-5-12(6-10)20-13(22)9-25-16-19-8-11(7-17)14(18)21-16/h3-6,8H,2,9H2,1H3,(H,20,22)(H2,18,19,21). The van der Waals surface area contributed by atoms with Crippen LogP contribution in [0.5, 0.6) is 0 Å². The highest BCUT2D eigenvalue weighted by atomic mass is 32.2. The Morgan fingerprint density at radius 1 is 1.44 bits per heavy atom. The molecule has 0 aliphatic carbocycles. The molecule has 0 atom stereocenters. The molecule has 0 radical (unpaired) electrons. The molecule has 2 rings (SSSR count). The van der Waals surface area contributed by atoms with Crippen molar-refractivity contribution in [3.8, 4) is 6.07 Å². The van der Waals surface area contributed by atoms with E-state index in [9.17, 15) is 9.59 Å². The van der Waals surface area contributed by atoms with Gasteiger partial charge in [-0.05, 0) is 25.1 Å². The summed E-state index contributed by atoms with van der Waals surface area (Å²) in [5.74, 6) is -0.621. The number of nitrogens with two attached hydrogens (primary N) is 1. The van der Waals surface area contributed by atoms with Gasteiger partial charge in [-0.3, -0.25) is 4.79 Å². The monoisotopic (exact) mass is 357 g/mol. The zero-order chi connectivity index (χ0) is 18.2. The first-order valence-electron chi connectivity index (χ1n) is 7.26. The lowest BCUT2D eigenvalue weighted by Gasteiger charge is -2.07. The van der Waals surface area contributed by atoms with Crippen molar-refractivity contribution in [2.45, 2.75) is 12.1 Å². The maximum Gasteiger partial charge on any atom is 0.338 e. The van der Waals surface area contributed by atoms with E-state index in [0.29, 0.717) is 16.4 Å². The molecule has 25 heavy (non-hydrogen) atoms. The fraction of sp³-hybridized carbons (Fsp3) is 0.188. The number of ether oxygens (including phenoxy) is 1. The molecular weight excluding hydrogens is 342 g/mol. The average Bonchev–Trinajstić information content (AvgIpc) is 2.60. The van der Waals surface area contributed by atoms with Crippen molar-refractivity contribution in [2.24, 2.45) is 0 Å². The summed E-state index contributed by atoms with van der Waals surface area (Å²) in [5.41, 5.74) is 6.62. The Balaban J connectivity index is 1.94. The summed E-state index contributed by atoms with van der Waals surface area (Å²) in [5, 5.41) is 11.8. The van der Waals surface area contributed by atoms with E-state index >= 15 is 0 Å². The number of amides is 1. The minimum Gasteiger partial charge on any atom is -0.462 e. The lowest BCUT2D eigenvalue weighted by atomic mass is 10.2. The van der Waals surface area contributed by atoms with E-state index in [-0.39, 0.29) is 29.6 Å². The van der Waals surface area contributed by atoms with E-state index in [1.54, 1.807) is 25.1 Å². The molecule has 1 heterocycles. The summed E-state index contributed by atoms with van der Waals surface area (Å²) < 4.78 is 4.92. The number of rotatable bonds is 6. The summed E-state index contributed by atoms with van der Waals surface area (Å²) in [4.78, 5) is 31.6. The number of anilines is 2. The third kappa shape index (κ3) is 5.19. The number of carbonyl (C=O) groups excluding carboxylic acids is 2. The van der Waals surface area contributed by atoms with Crippen molar-refractivity contribution in [2.75, 3.05) is 23.4 Å². The SMILES string of the molecule is CCOC(=O)c1cccc(NC(=O)CSc2ncc(C#N)c(N)n2)c1. The molecule has 0 bridgehead atoms. The largest absolute Gasteiger partial charge is 0.462 e. The van der Waals surface area contributed by atoms with Gasteiger partial charge in [0, 0.05) is 5.69 Å². The van der Waals surface area contributed by atoms with E-state index in [0.717, 1.165) is 11.8 Å². The van der Waals surface area contributed by atoms with Crippen molar-refractivity contribution in [3.63, 3.8) is 0 Å². The van der Waals surface area contributed by atoms with Crippen LogP contribution >= 0.6 is 11.8 Å². The smallest absolute Gasteiger partial charge is 0.338 e. The number of hydrogen-bond acceptors (Lipinski definition) is 8. The van der Waals surface area contributed by atoms with Crippen LogP contribution in [0.2, 0.25) is 0 Å². The summed E-state index contributed by atoms with van der Waals surface area (Å²) >= 11 is 1.08. The van der Waals surface area contributed by atoms with Crippen LogP contribution in [-0.4, -0.2) is 34.2 Å². The quantitative estimate of drug-likeness (QED) is 0.455. The topological polar surface area (TPSA) is 131 Å². The fourth-order valence-corrected chi connectivity index (χ4v) is 2.42. The number of aromatic nitrogens is 2. The number of esters is 1. The molecule has 1 aromatic heterocycles. The molecule has 0 fully saturated rings. The first kappa shape index (κ1) is 18.2. The van der Waals surface area contributed by atoms with Crippen LogP contribution in [-0.2, 0) is 9.53 Å². The van der Waals surface area contributed by atoms with Crippen LogP contribution in [0, 0.1) is 11.3 Å². The molecule has 1 aromatic carbocycles. The van der Waals surface area contributed by atoms with Crippen LogP contribution in [0.3, 0.4) is 0 Å². The molecule has 0 saturated carbocycles. The molecule has 0 spiro atoms. The van der Waals surface area contributed by atoms with Crippen LogP contribution in [0.1, 0.15) is 22.8 Å². The second-order valence-electron chi connectivity index (χ2n) is 4.70. The van der Waals surface area contributed by atoms with Gasteiger partial charge in [0.2, 0.25) is 5.91 Å². The number of hydrogen-bond donors (Lipinski definition) is 2. The fourth-order valence-electron chi connectivity index (χ4n) is 1.80. The molecule has 1 amide bonds. The van der Waals surface area contributed by atoms with Crippen molar-refractivity contribution in [1.29, 1.82) is 5.26 Å². The minimum absolute atomic E-state index is 0.0506. The Kier molecular flexibility index (Phi) is 6.31. The van der Waals surface area contributed by atoms with Crippen molar-refractivity contribution in [1.82, 2.24) is 9.97 Å². The summed E-state index contributed by atoms with van der Waals surface area (Å²) in [6.45, 7) is 2.00. The van der Waals surface area contributed by atoms with Gasteiger partial charge >= 0.3 is 5.97 Å². The maximum absolute atomic E-state index is 12.0. The van der Waals surface area contributed by atoms with Gasteiger partial charge in [0.1, 0.15) is 17.5 Å². The van der Waals surface area contributed by atoms with Crippen molar-refractivity contribution in [3.05, 3.63) is 41.6 Å². The molecule has 3 N–H and O–H groups in total. The Morgan fingerprint density at radius 3 is 2.92 bits per heavy atom. The Bertz CT molecular complexity index is 835. The molecule has 8 nitrogen and oxygen atoms in total. The minimum atomic E-state index is -0.450. The number of nitrogen functional groups attached to an aromatic ring is 1. The van der Waals surface area contributed by atoms with Crippen molar-refractivity contribution < 1.29 is 14.3 Å². The lowest BCUT2D eigenvalue weighted by molar-refractivity contribution is -0.113. The molecule has 0 aliphatic heterocycles. The first-order valence-corrected chi connectivity index (χ1v) is 8.24. The van der Waals surface area contributed by atoms with Gasteiger partial charge in [0.15, 0.2) is 5.16 Å². The maximum atomic E-state index is 12.0. The van der Waals surface area contributed by atoms with E-state index < -0.39 is 5.97 Å². The summed E-state index contributed by atoms with van der Waals surface area (Å²) in [6, 6.07) is 8.33. The van der Waals surface area contributed by atoms with Gasteiger partial charge in [-0.15, -0.1) is 0 Å². The van der Waals surface area contributed by atoms with Gasteiger partial charge < -0.3 is 15.8 Å². The predicted molar refractivity (Wildman–Crippen MR) is 92.9 cm³/mol. The molecular formula is C16H15N5O3S. The highest BCUT2D eigenvalue weighted by Gasteiger charge is 2.10. The van der Waals surface area contributed by atoms with Gasteiger partial charge in [0.05, 0.1) is 24.1 Å². The van der Waals surface area contributed by atoms with Gasteiger partial charge in [-0.1, -0.05) is 17.8 Å². The molecule has 0 saturated heterocycles. The normalized spacial score (nSPS) is 9.92. The number of nitriles is 1. The Hall–Kier alpha value is -3.12. The van der Waals surface area contributed by atoms with Gasteiger partial charge in [-0.2, -0.15) is 5.26 Å². The van der Waals surface area contributed by atoms with Crippen LogP contribution in [0.4, 0.5) is 11.5 Å². The second-order valence-corrected chi connectivity index (χ2v) is 5.64. The van der Waals surface area contributed by atoms with E-state index in [2.05, 4.69) is 15.3 Å². The molecule has 2 aromatic rings. The molecule has 0 aliphatic rings. The molecule has 0 unspecified atom stereocenters. The Labute approximate surface area is 148 Å². The summed E-state index contributed by atoms with van der Waals surface area (Å²) in [7, 11) is 0. The number of carbonyl (C=O) groups is 2. The molecule has 128 valence electrons. The van der Waals surface area contributed by atoms with E-state index in [1.165, 1.54) is 12.3 Å². The second kappa shape index (κ2) is 8.65. The highest BCUT2D eigenvalue weighted by Crippen LogP contribution is 2.17.